The van der Waals surface area contributed by atoms with Crippen molar-refractivity contribution in [2.75, 3.05) is 46.6 Å². The first kappa shape index (κ1) is 28.0. The second-order valence-corrected chi connectivity index (χ2v) is 10.1. The third-order valence-electron chi connectivity index (χ3n) is 5.75. The van der Waals surface area contributed by atoms with Crippen LogP contribution >= 0.6 is 24.0 Å². The number of benzene rings is 2. The van der Waals surface area contributed by atoms with Gasteiger partial charge in [0, 0.05) is 30.6 Å². The molecule has 0 spiro atoms. The van der Waals surface area contributed by atoms with Crippen molar-refractivity contribution in [2.24, 2.45) is 10.9 Å². The number of sulfonamides is 1. The van der Waals surface area contributed by atoms with Crippen molar-refractivity contribution in [1.82, 2.24) is 4.90 Å². The standard InChI is InChI=1S/C23H32ClN3O4S.ClH/c1-16-12-17(24)13-20-21(16)14-27(2)15-22(20)18-4-3-5-23(32(26,28)29)19(18)6-8-30-10-11-31-9-7-25;/h3-5,12-13,22H,6-11,14-15,25H2,1-2H3,(H2,26,28,29);1H. The summed E-state index contributed by atoms with van der Waals surface area (Å²) in [5, 5.41) is 6.26. The third kappa shape index (κ3) is 7.13. The van der Waals surface area contributed by atoms with E-state index in [2.05, 4.69) is 18.9 Å². The first-order valence-electron chi connectivity index (χ1n) is 10.7. The molecule has 7 nitrogen and oxygen atoms in total. The van der Waals surface area contributed by atoms with Crippen molar-refractivity contribution in [1.29, 1.82) is 0 Å². The highest BCUT2D eigenvalue weighted by Gasteiger charge is 2.30. The van der Waals surface area contributed by atoms with Crippen molar-refractivity contribution in [3.63, 3.8) is 0 Å². The second kappa shape index (κ2) is 12.5. The third-order valence-corrected chi connectivity index (χ3v) is 6.97. The fraction of sp³-hybridized carbons (Fsp3) is 0.478. The Labute approximate surface area is 207 Å². The number of likely N-dealkylation sites (N-methyl/N-ethyl adjacent to an activating group) is 1. The molecule has 0 saturated heterocycles. The van der Waals surface area contributed by atoms with Crippen molar-refractivity contribution in [3.8, 4) is 0 Å². The van der Waals surface area contributed by atoms with Gasteiger partial charge in [0.05, 0.1) is 31.3 Å². The molecule has 2 aromatic rings. The number of hydrogen-bond acceptors (Lipinski definition) is 6. The molecule has 0 aliphatic carbocycles. The van der Waals surface area contributed by atoms with Gasteiger partial charge in [0.2, 0.25) is 10.0 Å². The van der Waals surface area contributed by atoms with Crippen molar-refractivity contribution >= 4 is 34.0 Å². The van der Waals surface area contributed by atoms with Crippen LogP contribution in [0.2, 0.25) is 5.02 Å². The average molecular weight is 519 g/mol. The quantitative estimate of drug-likeness (QED) is 0.469. The van der Waals surface area contributed by atoms with Gasteiger partial charge in [-0.3, -0.25) is 0 Å². The molecule has 0 radical (unpaired) electrons. The predicted molar refractivity (Wildman–Crippen MR) is 134 cm³/mol. The Balaban J connectivity index is 0.00000385. The van der Waals surface area contributed by atoms with Gasteiger partial charge < -0.3 is 20.1 Å². The van der Waals surface area contributed by atoms with Crippen LogP contribution < -0.4 is 10.9 Å². The fourth-order valence-corrected chi connectivity index (χ4v) is 5.47. The molecule has 10 heteroatoms. The first-order chi connectivity index (χ1) is 15.2. The van der Waals surface area contributed by atoms with Crippen LogP contribution in [0.3, 0.4) is 0 Å². The van der Waals surface area contributed by atoms with E-state index >= 15 is 0 Å². The van der Waals surface area contributed by atoms with Gasteiger partial charge in [0.25, 0.3) is 0 Å². The number of ether oxygens (including phenoxy) is 2. The zero-order chi connectivity index (χ0) is 23.3. The Morgan fingerprint density at radius 3 is 2.48 bits per heavy atom. The Morgan fingerprint density at radius 2 is 1.82 bits per heavy atom. The van der Waals surface area contributed by atoms with E-state index in [1.165, 1.54) is 5.56 Å². The van der Waals surface area contributed by atoms with Crippen molar-refractivity contribution in [3.05, 3.63) is 63.2 Å². The molecule has 1 aliphatic heterocycles. The molecule has 184 valence electrons. The highest BCUT2D eigenvalue weighted by Crippen LogP contribution is 2.39. The number of fused-ring (bicyclic) bond motifs is 1. The van der Waals surface area contributed by atoms with Crippen molar-refractivity contribution < 1.29 is 17.9 Å². The SMILES string of the molecule is Cc1cc(Cl)cc2c1CN(C)CC2c1cccc(S(N)(=O)=O)c1CCOCCOCCN.Cl. The average Bonchev–Trinajstić information content (AvgIpc) is 2.72. The fourth-order valence-electron chi connectivity index (χ4n) is 4.36. The molecule has 1 unspecified atom stereocenters. The van der Waals surface area contributed by atoms with Gasteiger partial charge in [-0.05, 0) is 66.4 Å². The maximum Gasteiger partial charge on any atom is 0.238 e. The minimum atomic E-state index is -3.89. The van der Waals surface area contributed by atoms with Crippen LogP contribution in [-0.2, 0) is 32.5 Å². The summed E-state index contributed by atoms with van der Waals surface area (Å²) < 4.78 is 35.8. The van der Waals surface area contributed by atoms with Crippen LogP contribution in [0.1, 0.15) is 33.7 Å². The number of nitrogens with two attached hydrogens (primary N) is 2. The monoisotopic (exact) mass is 517 g/mol. The van der Waals surface area contributed by atoms with Crippen molar-refractivity contribution in [2.45, 2.75) is 30.7 Å². The summed E-state index contributed by atoms with van der Waals surface area (Å²) in [6.07, 6.45) is 0.425. The van der Waals surface area contributed by atoms with E-state index in [1.54, 1.807) is 12.1 Å². The van der Waals surface area contributed by atoms with Gasteiger partial charge in [-0.15, -0.1) is 12.4 Å². The lowest BCUT2D eigenvalue weighted by Crippen LogP contribution is -2.32. The first-order valence-corrected chi connectivity index (χ1v) is 12.6. The highest BCUT2D eigenvalue weighted by atomic mass is 35.5. The largest absolute Gasteiger partial charge is 0.379 e. The Bertz CT molecular complexity index is 1050. The number of rotatable bonds is 10. The molecule has 3 rings (SSSR count). The molecule has 1 atom stereocenters. The Kier molecular flexibility index (Phi) is 10.6. The van der Waals surface area contributed by atoms with E-state index in [4.69, 9.17) is 31.9 Å². The lowest BCUT2D eigenvalue weighted by molar-refractivity contribution is 0.0517. The number of aryl methyl sites for hydroxylation is 1. The molecule has 2 aromatic carbocycles. The maximum absolute atomic E-state index is 12.4. The second-order valence-electron chi connectivity index (χ2n) is 8.17. The topological polar surface area (TPSA) is 108 Å². The lowest BCUT2D eigenvalue weighted by Gasteiger charge is -2.35. The van der Waals surface area contributed by atoms with E-state index in [0.717, 1.165) is 29.8 Å². The van der Waals surface area contributed by atoms with Gasteiger partial charge in [0.15, 0.2) is 0 Å². The lowest BCUT2D eigenvalue weighted by atomic mass is 9.81. The molecule has 0 saturated carbocycles. The Hall–Kier alpha value is -1.23. The summed E-state index contributed by atoms with van der Waals surface area (Å²) in [6, 6.07) is 9.28. The van der Waals surface area contributed by atoms with E-state index in [-0.39, 0.29) is 23.2 Å². The predicted octanol–water partition coefficient (Wildman–Crippen LogP) is 2.83. The molecule has 0 fully saturated rings. The van der Waals surface area contributed by atoms with E-state index in [0.29, 0.717) is 50.0 Å². The van der Waals surface area contributed by atoms with E-state index in [1.807, 2.05) is 18.2 Å². The summed E-state index contributed by atoms with van der Waals surface area (Å²) >= 11 is 6.40. The molecule has 0 amide bonds. The van der Waals surface area contributed by atoms with E-state index < -0.39 is 10.0 Å². The van der Waals surface area contributed by atoms with Gasteiger partial charge in [0.1, 0.15) is 0 Å². The maximum atomic E-state index is 12.4. The molecular weight excluding hydrogens is 485 g/mol. The van der Waals surface area contributed by atoms with Crippen LogP contribution in [0.5, 0.6) is 0 Å². The summed E-state index contributed by atoms with van der Waals surface area (Å²) in [4.78, 5) is 2.39. The smallest absolute Gasteiger partial charge is 0.238 e. The molecule has 0 bridgehead atoms. The summed E-state index contributed by atoms with van der Waals surface area (Å²) in [6.45, 7) is 5.80. The van der Waals surface area contributed by atoms with Crippen LogP contribution in [0.25, 0.3) is 0 Å². The van der Waals surface area contributed by atoms with Gasteiger partial charge in [-0.1, -0.05) is 23.7 Å². The Morgan fingerprint density at radius 1 is 1.12 bits per heavy atom. The highest BCUT2D eigenvalue weighted by molar-refractivity contribution is 7.89. The number of nitrogens with zero attached hydrogens (tertiary/aromatic N) is 1. The normalized spacial score (nSPS) is 16.3. The molecule has 0 aromatic heterocycles. The molecule has 1 aliphatic rings. The van der Waals surface area contributed by atoms with Crippen LogP contribution in [-0.4, -0.2) is 59.9 Å². The van der Waals surface area contributed by atoms with Gasteiger partial charge in [-0.2, -0.15) is 0 Å². The minimum Gasteiger partial charge on any atom is -0.379 e. The number of halogens is 2. The number of primary sulfonamides is 1. The molecule has 4 N–H and O–H groups in total. The summed E-state index contributed by atoms with van der Waals surface area (Å²) in [5.41, 5.74) is 10.5. The zero-order valence-electron chi connectivity index (χ0n) is 19.1. The number of hydrogen-bond donors (Lipinski definition) is 2. The zero-order valence-corrected chi connectivity index (χ0v) is 21.4. The van der Waals surface area contributed by atoms with E-state index in [9.17, 15) is 8.42 Å². The molecule has 33 heavy (non-hydrogen) atoms. The molecular formula is C23H33Cl2N3O4S. The van der Waals surface area contributed by atoms with Gasteiger partial charge in [-0.25, -0.2) is 13.6 Å². The van der Waals surface area contributed by atoms with Crippen LogP contribution in [0.4, 0.5) is 0 Å². The molecule has 1 heterocycles. The van der Waals surface area contributed by atoms with Crippen LogP contribution in [0, 0.1) is 6.92 Å². The van der Waals surface area contributed by atoms with Gasteiger partial charge >= 0.3 is 0 Å². The summed E-state index contributed by atoms with van der Waals surface area (Å²) in [7, 11) is -1.82. The van der Waals surface area contributed by atoms with Crippen LogP contribution in [0.15, 0.2) is 35.2 Å². The minimum absolute atomic E-state index is 0. The summed E-state index contributed by atoms with van der Waals surface area (Å²) in [5.74, 6) is -0.0225.